The summed E-state index contributed by atoms with van der Waals surface area (Å²) in [6, 6.07) is 8.55. The molecule has 0 atom stereocenters. The highest BCUT2D eigenvalue weighted by Crippen LogP contribution is 2.32. The summed E-state index contributed by atoms with van der Waals surface area (Å²) < 4.78 is 0. The van der Waals surface area contributed by atoms with Gasteiger partial charge in [-0.2, -0.15) is 0 Å². The largest absolute Gasteiger partial charge is 0.350 e. The van der Waals surface area contributed by atoms with Crippen molar-refractivity contribution < 1.29 is 4.79 Å². The maximum Gasteiger partial charge on any atom is 0.240 e. The first-order valence-electron chi connectivity index (χ1n) is 8.53. The van der Waals surface area contributed by atoms with Crippen LogP contribution in [0, 0.1) is 0 Å². The summed E-state index contributed by atoms with van der Waals surface area (Å²) in [6.07, 6.45) is 6.98. The van der Waals surface area contributed by atoms with Crippen LogP contribution in [0.3, 0.4) is 0 Å². The van der Waals surface area contributed by atoms with Crippen LogP contribution in [0.4, 0.5) is 0 Å². The average molecular weight is 374 g/mol. The number of rotatable bonds is 5. The zero-order valence-electron chi connectivity index (χ0n) is 14.1. The molecule has 6 heteroatoms. The summed E-state index contributed by atoms with van der Waals surface area (Å²) in [5.74, 6) is -0.00887. The third-order valence-corrected chi connectivity index (χ3v) is 4.79. The molecule has 2 fully saturated rings. The van der Waals surface area contributed by atoms with E-state index in [9.17, 15) is 4.79 Å². The van der Waals surface area contributed by atoms with Crippen molar-refractivity contribution in [3.8, 4) is 0 Å². The van der Waals surface area contributed by atoms with Crippen LogP contribution in [0.2, 0.25) is 0 Å². The molecular formula is C18H29Cl2N3O. The lowest BCUT2D eigenvalue weighted by atomic mass is 10.1. The first-order valence-corrected chi connectivity index (χ1v) is 8.53. The molecule has 3 N–H and O–H groups in total. The molecule has 136 valence electrons. The van der Waals surface area contributed by atoms with Crippen LogP contribution >= 0.6 is 24.8 Å². The Balaban J connectivity index is 0.00000144. The Morgan fingerprint density at radius 2 is 1.71 bits per heavy atom. The Kier molecular flexibility index (Phi) is 8.51. The Morgan fingerprint density at radius 1 is 1.08 bits per heavy atom. The third-order valence-electron chi connectivity index (χ3n) is 4.79. The predicted octanol–water partition coefficient (Wildman–Crippen LogP) is 3.01. The van der Waals surface area contributed by atoms with Gasteiger partial charge in [-0.15, -0.1) is 24.8 Å². The number of amides is 1. The summed E-state index contributed by atoms with van der Waals surface area (Å²) in [4.78, 5) is 14.4. The van der Waals surface area contributed by atoms with Gasteiger partial charge < -0.3 is 11.1 Å². The Bertz CT molecular complexity index is 527. The first kappa shape index (κ1) is 21.2. The quantitative estimate of drug-likeness (QED) is 0.833. The van der Waals surface area contributed by atoms with Crippen molar-refractivity contribution >= 4 is 30.7 Å². The van der Waals surface area contributed by atoms with E-state index in [-0.39, 0.29) is 30.7 Å². The molecule has 4 nitrogen and oxygen atoms in total. The van der Waals surface area contributed by atoms with E-state index in [1.807, 2.05) is 0 Å². The molecule has 0 bridgehead atoms. The predicted molar refractivity (Wildman–Crippen MR) is 103 cm³/mol. The van der Waals surface area contributed by atoms with Gasteiger partial charge in [0, 0.05) is 13.1 Å². The maximum absolute atomic E-state index is 11.9. The second kappa shape index (κ2) is 9.62. The van der Waals surface area contributed by atoms with Crippen molar-refractivity contribution in [2.45, 2.75) is 57.2 Å². The van der Waals surface area contributed by atoms with Crippen molar-refractivity contribution in [1.29, 1.82) is 0 Å². The fourth-order valence-corrected chi connectivity index (χ4v) is 3.11. The molecule has 1 saturated carbocycles. The zero-order valence-corrected chi connectivity index (χ0v) is 15.8. The van der Waals surface area contributed by atoms with Crippen molar-refractivity contribution in [1.82, 2.24) is 10.2 Å². The second-order valence-corrected chi connectivity index (χ2v) is 6.85. The van der Waals surface area contributed by atoms with Gasteiger partial charge in [0.05, 0.1) is 5.54 Å². The summed E-state index contributed by atoms with van der Waals surface area (Å²) in [5.41, 5.74) is 7.82. The molecule has 0 spiro atoms. The minimum absolute atomic E-state index is 0. The van der Waals surface area contributed by atoms with Crippen molar-refractivity contribution in [3.63, 3.8) is 0 Å². The van der Waals surface area contributed by atoms with Crippen LogP contribution in [0.15, 0.2) is 24.3 Å². The van der Waals surface area contributed by atoms with E-state index in [2.05, 4.69) is 34.5 Å². The minimum Gasteiger partial charge on any atom is -0.350 e. The van der Waals surface area contributed by atoms with Gasteiger partial charge in [0.15, 0.2) is 0 Å². The van der Waals surface area contributed by atoms with Crippen LogP contribution in [0.5, 0.6) is 0 Å². The van der Waals surface area contributed by atoms with Gasteiger partial charge in [-0.1, -0.05) is 37.1 Å². The van der Waals surface area contributed by atoms with Crippen molar-refractivity contribution in [3.05, 3.63) is 35.4 Å². The Hall–Kier alpha value is -0.810. The third kappa shape index (κ3) is 5.92. The molecule has 1 aliphatic carbocycles. The highest BCUT2D eigenvalue weighted by molar-refractivity contribution is 5.88. The van der Waals surface area contributed by atoms with Gasteiger partial charge in [-0.05, 0) is 49.9 Å². The second-order valence-electron chi connectivity index (χ2n) is 6.85. The number of hydrogen-bond donors (Lipinski definition) is 2. The highest BCUT2D eigenvalue weighted by atomic mass is 35.5. The molecule has 1 aliphatic heterocycles. The van der Waals surface area contributed by atoms with Gasteiger partial charge in [-0.25, -0.2) is 0 Å². The number of benzene rings is 1. The van der Waals surface area contributed by atoms with Crippen LogP contribution < -0.4 is 11.1 Å². The summed E-state index contributed by atoms with van der Waals surface area (Å²) in [6.45, 7) is 4.00. The molecule has 1 heterocycles. The van der Waals surface area contributed by atoms with Crippen molar-refractivity contribution in [2.24, 2.45) is 5.73 Å². The van der Waals surface area contributed by atoms with Crippen LogP contribution in [0.1, 0.15) is 49.7 Å². The molecule has 24 heavy (non-hydrogen) atoms. The monoisotopic (exact) mass is 373 g/mol. The van der Waals surface area contributed by atoms with E-state index in [0.717, 1.165) is 24.9 Å². The molecule has 1 amide bonds. The van der Waals surface area contributed by atoms with E-state index in [1.165, 1.54) is 44.3 Å². The Labute approximate surface area is 157 Å². The lowest BCUT2D eigenvalue weighted by molar-refractivity contribution is -0.123. The van der Waals surface area contributed by atoms with Gasteiger partial charge >= 0.3 is 0 Å². The summed E-state index contributed by atoms with van der Waals surface area (Å²) in [7, 11) is 0. The summed E-state index contributed by atoms with van der Waals surface area (Å²) in [5, 5.41) is 2.96. The first-order chi connectivity index (χ1) is 10.7. The van der Waals surface area contributed by atoms with Gasteiger partial charge in [0.25, 0.3) is 0 Å². The van der Waals surface area contributed by atoms with E-state index < -0.39 is 5.54 Å². The molecule has 2 aliphatic rings. The van der Waals surface area contributed by atoms with Crippen molar-refractivity contribution in [2.75, 3.05) is 13.1 Å². The van der Waals surface area contributed by atoms with Crippen LogP contribution in [0.25, 0.3) is 0 Å². The standard InChI is InChI=1S/C18H27N3O.2ClH/c19-18(8-9-18)17(22)20-13-15-6-5-7-16(12-15)14-21-10-3-1-2-4-11-21;;/h5-7,12H,1-4,8-11,13-14,19H2,(H,20,22);2*1H. The molecule has 0 radical (unpaired) electrons. The topological polar surface area (TPSA) is 58.4 Å². The highest BCUT2D eigenvalue weighted by Gasteiger charge is 2.45. The molecular weight excluding hydrogens is 345 g/mol. The van der Waals surface area contributed by atoms with E-state index in [0.29, 0.717) is 6.54 Å². The number of hydrogen-bond acceptors (Lipinski definition) is 3. The molecule has 0 aromatic heterocycles. The number of nitrogens with two attached hydrogens (primary N) is 1. The average Bonchev–Trinajstić information content (AvgIpc) is 3.30. The number of halogens is 2. The summed E-state index contributed by atoms with van der Waals surface area (Å²) >= 11 is 0. The van der Waals surface area contributed by atoms with Gasteiger partial charge in [0.2, 0.25) is 5.91 Å². The lowest BCUT2D eigenvalue weighted by Gasteiger charge is -2.20. The number of nitrogens with one attached hydrogen (secondary N) is 1. The normalized spacial score (nSPS) is 19.4. The maximum atomic E-state index is 11.9. The van der Waals surface area contributed by atoms with Gasteiger partial charge in [0.1, 0.15) is 0 Å². The van der Waals surface area contributed by atoms with E-state index >= 15 is 0 Å². The lowest BCUT2D eigenvalue weighted by Crippen LogP contribution is -2.42. The van der Waals surface area contributed by atoms with Crippen LogP contribution in [-0.2, 0) is 17.9 Å². The van der Waals surface area contributed by atoms with Gasteiger partial charge in [-0.3, -0.25) is 9.69 Å². The Morgan fingerprint density at radius 3 is 2.33 bits per heavy atom. The smallest absolute Gasteiger partial charge is 0.240 e. The minimum atomic E-state index is -0.580. The number of carbonyl (C=O) groups is 1. The van der Waals surface area contributed by atoms with E-state index in [4.69, 9.17) is 5.73 Å². The fourth-order valence-electron chi connectivity index (χ4n) is 3.11. The van der Waals surface area contributed by atoms with Crippen LogP contribution in [-0.4, -0.2) is 29.4 Å². The molecule has 1 saturated heterocycles. The van der Waals surface area contributed by atoms with E-state index in [1.54, 1.807) is 0 Å². The number of nitrogens with zero attached hydrogens (tertiary/aromatic N) is 1. The number of likely N-dealkylation sites (tertiary alicyclic amines) is 1. The molecule has 3 rings (SSSR count). The number of carbonyl (C=O) groups excluding carboxylic acids is 1. The SMILES string of the molecule is Cl.Cl.NC1(C(=O)NCc2cccc(CN3CCCCCC3)c2)CC1. The fraction of sp³-hybridized carbons (Fsp3) is 0.611. The molecule has 0 unspecified atom stereocenters. The molecule has 1 aromatic rings. The molecule has 1 aromatic carbocycles. The zero-order chi connectivity index (χ0) is 15.4.